The Kier molecular flexibility index (Phi) is 6.65. The molecule has 0 aliphatic carbocycles. The van der Waals surface area contributed by atoms with Crippen molar-refractivity contribution in [3.05, 3.63) is 77.4 Å². The summed E-state index contributed by atoms with van der Waals surface area (Å²) < 4.78 is 31.8. The molecule has 0 aliphatic heterocycles. The smallest absolute Gasteiger partial charge is 0.206 e. The van der Waals surface area contributed by atoms with Crippen LogP contribution in [0.1, 0.15) is 41.8 Å². The fourth-order valence-electron chi connectivity index (χ4n) is 3.31. The lowest BCUT2D eigenvalue weighted by Gasteiger charge is -2.15. The lowest BCUT2D eigenvalue weighted by molar-refractivity contribution is 0.101. The van der Waals surface area contributed by atoms with Crippen LogP contribution in [0.25, 0.3) is 0 Å². The van der Waals surface area contributed by atoms with Crippen LogP contribution in [0.4, 0.5) is 5.69 Å². The quantitative estimate of drug-likeness (QED) is 0.394. The molecule has 0 spiro atoms. The van der Waals surface area contributed by atoms with Crippen LogP contribution in [-0.2, 0) is 22.9 Å². The highest BCUT2D eigenvalue weighted by atomic mass is 32.2. The normalized spacial score (nSPS) is 11.3. The van der Waals surface area contributed by atoms with E-state index in [-0.39, 0.29) is 33.5 Å². The van der Waals surface area contributed by atoms with Crippen LogP contribution in [0.2, 0.25) is 0 Å². The van der Waals surface area contributed by atoms with Crippen LogP contribution in [0.15, 0.2) is 70.5 Å². The first-order chi connectivity index (χ1) is 14.7. The molecule has 0 radical (unpaired) electrons. The Balaban J connectivity index is 1.87. The molecule has 0 atom stereocenters. The summed E-state index contributed by atoms with van der Waals surface area (Å²) >= 11 is 0. The predicted octanol–water partition coefficient (Wildman–Crippen LogP) is 4.54. The molecule has 0 aromatic heterocycles. The van der Waals surface area contributed by atoms with E-state index < -0.39 is 9.84 Å². The van der Waals surface area contributed by atoms with Gasteiger partial charge in [-0.25, -0.2) is 8.42 Å². The van der Waals surface area contributed by atoms with Crippen molar-refractivity contribution in [3.63, 3.8) is 0 Å². The molecule has 31 heavy (non-hydrogen) atoms. The van der Waals surface area contributed by atoms with Crippen molar-refractivity contribution in [2.75, 3.05) is 5.73 Å². The van der Waals surface area contributed by atoms with Gasteiger partial charge >= 0.3 is 0 Å². The summed E-state index contributed by atoms with van der Waals surface area (Å²) in [5.74, 6) is 0.180. The van der Waals surface area contributed by atoms with E-state index >= 15 is 0 Å². The maximum Gasteiger partial charge on any atom is 0.206 e. The fraction of sp³-hybridized carbons (Fsp3) is 0.208. The number of phenolic OH excluding ortho intramolecular Hbond substituents is 1. The zero-order chi connectivity index (χ0) is 22.6. The number of aromatic hydroxyl groups is 1. The third-order valence-electron chi connectivity index (χ3n) is 4.89. The monoisotopic (exact) mass is 439 g/mol. The molecule has 0 saturated heterocycles. The maximum atomic E-state index is 12.9. The minimum Gasteiger partial charge on any atom is -0.507 e. The summed E-state index contributed by atoms with van der Waals surface area (Å²) in [6.07, 6.45) is 1.31. The number of carbonyl (C=O) groups is 1. The van der Waals surface area contributed by atoms with E-state index in [4.69, 9.17) is 10.5 Å². The van der Waals surface area contributed by atoms with E-state index in [1.807, 2.05) is 6.92 Å². The van der Waals surface area contributed by atoms with Gasteiger partial charge in [0.2, 0.25) is 9.84 Å². The summed E-state index contributed by atoms with van der Waals surface area (Å²) in [5, 5.41) is 10.5. The number of hydrogen-bond acceptors (Lipinski definition) is 6. The van der Waals surface area contributed by atoms with Gasteiger partial charge in [0.15, 0.2) is 5.78 Å². The third kappa shape index (κ3) is 4.88. The number of benzene rings is 3. The van der Waals surface area contributed by atoms with Crippen LogP contribution >= 0.6 is 0 Å². The number of sulfone groups is 1. The number of hydrogen-bond donors (Lipinski definition) is 2. The molecule has 3 N–H and O–H groups in total. The number of Topliss-reactive ketones (excluding diaryl/α,β-unsaturated/α-hetero) is 1. The standard InChI is InChI=1S/C24H25NO5S/c1-3-6-22-23(12-11-21(16(2)26)24(22)27)30-15-17-7-4-9-19(13-17)31(28,29)20-10-5-8-18(25)14-20/h4-5,7-14,27H,3,6,15,25H2,1-2H3. The molecule has 3 aromatic carbocycles. The highest BCUT2D eigenvalue weighted by Crippen LogP contribution is 2.33. The predicted molar refractivity (Wildman–Crippen MR) is 119 cm³/mol. The van der Waals surface area contributed by atoms with Gasteiger partial charge in [-0.3, -0.25) is 4.79 Å². The van der Waals surface area contributed by atoms with Gasteiger partial charge in [0.05, 0.1) is 15.4 Å². The molecule has 3 aromatic rings. The van der Waals surface area contributed by atoms with Crippen molar-refractivity contribution < 1.29 is 23.1 Å². The molecule has 0 fully saturated rings. The lowest BCUT2D eigenvalue weighted by Crippen LogP contribution is -2.05. The van der Waals surface area contributed by atoms with Crippen molar-refractivity contribution in [1.29, 1.82) is 0 Å². The van der Waals surface area contributed by atoms with E-state index in [0.29, 0.717) is 29.0 Å². The van der Waals surface area contributed by atoms with Gasteiger partial charge in [0, 0.05) is 11.3 Å². The van der Waals surface area contributed by atoms with E-state index in [9.17, 15) is 18.3 Å². The summed E-state index contributed by atoms with van der Waals surface area (Å²) in [5.41, 5.74) is 7.58. The van der Waals surface area contributed by atoms with Crippen LogP contribution in [0.5, 0.6) is 11.5 Å². The van der Waals surface area contributed by atoms with Crippen LogP contribution in [-0.4, -0.2) is 19.3 Å². The number of nitrogens with two attached hydrogens (primary N) is 1. The number of ether oxygens (including phenoxy) is 1. The molecule has 0 unspecified atom stereocenters. The van der Waals surface area contributed by atoms with Gasteiger partial charge < -0.3 is 15.6 Å². The van der Waals surface area contributed by atoms with Crippen LogP contribution in [0, 0.1) is 0 Å². The molecule has 0 bridgehead atoms. The second kappa shape index (κ2) is 9.22. The zero-order valence-electron chi connectivity index (χ0n) is 17.5. The topological polar surface area (TPSA) is 107 Å². The van der Waals surface area contributed by atoms with E-state index in [1.54, 1.807) is 36.4 Å². The minimum atomic E-state index is -3.72. The van der Waals surface area contributed by atoms with Gasteiger partial charge in [-0.15, -0.1) is 0 Å². The average Bonchev–Trinajstić information content (AvgIpc) is 2.74. The maximum absolute atomic E-state index is 12.9. The molecule has 162 valence electrons. The number of ketones is 1. The zero-order valence-corrected chi connectivity index (χ0v) is 18.3. The molecule has 6 nitrogen and oxygen atoms in total. The molecule has 3 rings (SSSR count). The van der Waals surface area contributed by atoms with Gasteiger partial charge in [-0.1, -0.05) is 31.5 Å². The molecule has 0 amide bonds. The van der Waals surface area contributed by atoms with Gasteiger partial charge in [-0.05, 0) is 61.4 Å². The Bertz CT molecular complexity index is 1220. The summed E-state index contributed by atoms with van der Waals surface area (Å²) in [7, 11) is -3.72. The number of anilines is 1. The highest BCUT2D eigenvalue weighted by Gasteiger charge is 2.19. The fourth-order valence-corrected chi connectivity index (χ4v) is 4.70. The Morgan fingerprint density at radius 3 is 2.35 bits per heavy atom. The van der Waals surface area contributed by atoms with Crippen LogP contribution in [0.3, 0.4) is 0 Å². The van der Waals surface area contributed by atoms with E-state index in [2.05, 4.69) is 0 Å². The Morgan fingerprint density at radius 2 is 1.71 bits per heavy atom. The first-order valence-electron chi connectivity index (χ1n) is 9.92. The lowest BCUT2D eigenvalue weighted by atomic mass is 10.0. The van der Waals surface area contributed by atoms with Crippen molar-refractivity contribution in [3.8, 4) is 11.5 Å². The average molecular weight is 440 g/mol. The third-order valence-corrected chi connectivity index (χ3v) is 6.64. The largest absolute Gasteiger partial charge is 0.507 e. The first kappa shape index (κ1) is 22.4. The van der Waals surface area contributed by atoms with Gasteiger partial charge in [0.1, 0.15) is 18.1 Å². The van der Waals surface area contributed by atoms with Gasteiger partial charge in [-0.2, -0.15) is 0 Å². The van der Waals surface area contributed by atoms with E-state index in [1.165, 1.54) is 31.2 Å². The van der Waals surface area contributed by atoms with Gasteiger partial charge in [0.25, 0.3) is 0 Å². The second-order valence-corrected chi connectivity index (χ2v) is 9.21. The number of nitrogen functional groups attached to an aromatic ring is 1. The molecule has 0 aliphatic rings. The molecule has 0 saturated carbocycles. The van der Waals surface area contributed by atoms with Crippen molar-refractivity contribution in [2.45, 2.75) is 43.1 Å². The molecule has 0 heterocycles. The minimum absolute atomic E-state index is 0.0650. The first-order valence-corrected chi connectivity index (χ1v) is 11.4. The summed E-state index contributed by atoms with van der Waals surface area (Å²) in [6, 6.07) is 15.9. The van der Waals surface area contributed by atoms with E-state index in [0.717, 1.165) is 6.42 Å². The van der Waals surface area contributed by atoms with Crippen LogP contribution < -0.4 is 10.5 Å². The number of carbonyl (C=O) groups excluding carboxylic acids is 1. The Morgan fingerprint density at radius 1 is 1.03 bits per heavy atom. The number of rotatable bonds is 8. The second-order valence-electron chi connectivity index (χ2n) is 7.26. The van der Waals surface area contributed by atoms with Crippen molar-refractivity contribution in [1.82, 2.24) is 0 Å². The molecule has 7 heteroatoms. The highest BCUT2D eigenvalue weighted by molar-refractivity contribution is 7.91. The number of phenols is 1. The molecular formula is C24H25NO5S. The Labute approximate surface area is 182 Å². The Hall–Kier alpha value is -3.32. The summed E-state index contributed by atoms with van der Waals surface area (Å²) in [4.78, 5) is 12.0. The molecular weight excluding hydrogens is 414 g/mol. The van der Waals surface area contributed by atoms with Crippen molar-refractivity contribution in [2.24, 2.45) is 0 Å². The summed E-state index contributed by atoms with van der Waals surface area (Å²) in [6.45, 7) is 3.47. The SMILES string of the molecule is CCCc1c(OCc2cccc(S(=O)(=O)c3cccc(N)c3)c2)ccc(C(C)=O)c1O. The van der Waals surface area contributed by atoms with Crippen molar-refractivity contribution >= 4 is 21.3 Å².